The maximum absolute atomic E-state index is 4.18. The molecule has 102 valence electrons. The lowest BCUT2D eigenvalue weighted by molar-refractivity contribution is 0.307. The molecule has 0 amide bonds. The van der Waals surface area contributed by atoms with Crippen LogP contribution in [-0.2, 0) is 7.05 Å². The van der Waals surface area contributed by atoms with E-state index in [1.54, 1.807) is 6.33 Å². The Morgan fingerprint density at radius 1 is 1.39 bits per heavy atom. The monoisotopic (exact) mass is 250 g/mol. The molecular formula is C14H26N4. The Morgan fingerprint density at radius 3 is 2.83 bits per heavy atom. The lowest BCUT2D eigenvalue weighted by Gasteiger charge is -2.23. The quantitative estimate of drug-likeness (QED) is 0.839. The minimum Gasteiger partial charge on any atom is -0.319 e. The molecule has 1 saturated carbocycles. The Morgan fingerprint density at radius 2 is 2.17 bits per heavy atom. The van der Waals surface area contributed by atoms with Crippen LogP contribution in [0.15, 0.2) is 6.33 Å². The number of aromatic nitrogens is 3. The lowest BCUT2D eigenvalue weighted by atomic mass is 9.85. The van der Waals surface area contributed by atoms with Gasteiger partial charge in [-0.1, -0.05) is 20.3 Å². The minimum absolute atomic E-state index is 0.281. The summed E-state index contributed by atoms with van der Waals surface area (Å²) in [6.07, 6.45) is 8.32. The molecule has 0 aliphatic heterocycles. The first-order valence-electron chi connectivity index (χ1n) is 7.08. The average Bonchev–Trinajstić information content (AvgIpc) is 2.64. The number of aryl methyl sites for hydroxylation is 1. The third kappa shape index (κ3) is 3.31. The Kier molecular flexibility index (Phi) is 4.05. The van der Waals surface area contributed by atoms with Gasteiger partial charge in [-0.2, -0.15) is 0 Å². The van der Waals surface area contributed by atoms with E-state index in [9.17, 15) is 0 Å². The highest BCUT2D eigenvalue weighted by Gasteiger charge is 2.25. The molecule has 1 fully saturated rings. The van der Waals surface area contributed by atoms with Gasteiger partial charge in [0.1, 0.15) is 12.2 Å². The second-order valence-electron chi connectivity index (χ2n) is 6.48. The predicted molar refractivity (Wildman–Crippen MR) is 73.2 cm³/mol. The topological polar surface area (TPSA) is 42.7 Å². The second kappa shape index (κ2) is 5.39. The van der Waals surface area contributed by atoms with Gasteiger partial charge in [0.05, 0.1) is 6.04 Å². The normalized spacial score (nSPS) is 25.7. The first-order valence-corrected chi connectivity index (χ1v) is 7.08. The molecule has 2 unspecified atom stereocenters. The number of nitrogens with zero attached hydrogens (tertiary/aromatic N) is 3. The van der Waals surface area contributed by atoms with E-state index < -0.39 is 0 Å². The van der Waals surface area contributed by atoms with Gasteiger partial charge in [-0.15, -0.1) is 10.2 Å². The van der Waals surface area contributed by atoms with Crippen molar-refractivity contribution < 1.29 is 0 Å². The fourth-order valence-corrected chi connectivity index (χ4v) is 2.94. The predicted octanol–water partition coefficient (Wildman–Crippen LogP) is 2.82. The van der Waals surface area contributed by atoms with Crippen molar-refractivity contribution in [2.45, 2.75) is 65.0 Å². The standard InChI is InChI=1S/C14H26N4/c1-11(13-17-15-10-18(13)4)16-12-6-5-8-14(2,3)9-7-12/h10-12,16H,5-9H2,1-4H3. The van der Waals surface area contributed by atoms with E-state index in [-0.39, 0.29) is 6.04 Å². The van der Waals surface area contributed by atoms with Crippen molar-refractivity contribution in [3.05, 3.63) is 12.2 Å². The Balaban J connectivity index is 1.92. The van der Waals surface area contributed by atoms with E-state index in [0.717, 1.165) is 5.82 Å². The van der Waals surface area contributed by atoms with Crippen molar-refractivity contribution in [1.82, 2.24) is 20.1 Å². The number of hydrogen-bond donors (Lipinski definition) is 1. The maximum atomic E-state index is 4.18. The van der Waals surface area contributed by atoms with Gasteiger partial charge < -0.3 is 9.88 Å². The molecule has 1 aliphatic rings. The van der Waals surface area contributed by atoms with E-state index in [4.69, 9.17) is 0 Å². The Hall–Kier alpha value is -0.900. The summed E-state index contributed by atoms with van der Waals surface area (Å²) in [7, 11) is 2.00. The van der Waals surface area contributed by atoms with Crippen LogP contribution >= 0.6 is 0 Å². The van der Waals surface area contributed by atoms with E-state index in [1.807, 2.05) is 11.6 Å². The zero-order chi connectivity index (χ0) is 13.2. The van der Waals surface area contributed by atoms with Crippen LogP contribution in [-0.4, -0.2) is 20.8 Å². The van der Waals surface area contributed by atoms with Crippen molar-refractivity contribution in [2.24, 2.45) is 12.5 Å². The summed E-state index contributed by atoms with van der Waals surface area (Å²) in [5.41, 5.74) is 0.518. The van der Waals surface area contributed by atoms with Crippen LogP contribution < -0.4 is 5.32 Å². The van der Waals surface area contributed by atoms with Crippen molar-refractivity contribution in [3.63, 3.8) is 0 Å². The molecule has 0 bridgehead atoms. The van der Waals surface area contributed by atoms with E-state index in [0.29, 0.717) is 11.5 Å². The molecule has 0 spiro atoms. The smallest absolute Gasteiger partial charge is 0.149 e. The summed E-state index contributed by atoms with van der Waals surface area (Å²) in [5.74, 6) is 1.03. The number of rotatable bonds is 3. The van der Waals surface area contributed by atoms with Gasteiger partial charge >= 0.3 is 0 Å². The molecule has 2 atom stereocenters. The largest absolute Gasteiger partial charge is 0.319 e. The van der Waals surface area contributed by atoms with Gasteiger partial charge in [0, 0.05) is 13.1 Å². The lowest BCUT2D eigenvalue weighted by Crippen LogP contribution is -2.32. The van der Waals surface area contributed by atoms with Crippen LogP contribution in [0, 0.1) is 5.41 Å². The fourth-order valence-electron chi connectivity index (χ4n) is 2.94. The third-order valence-corrected chi connectivity index (χ3v) is 4.20. The molecule has 4 nitrogen and oxygen atoms in total. The summed E-state index contributed by atoms with van der Waals surface area (Å²) in [6, 6.07) is 0.905. The van der Waals surface area contributed by atoms with Crippen molar-refractivity contribution in [2.75, 3.05) is 0 Å². The maximum Gasteiger partial charge on any atom is 0.149 e. The van der Waals surface area contributed by atoms with Gasteiger partial charge in [-0.25, -0.2) is 0 Å². The molecule has 0 saturated heterocycles. The molecule has 1 aromatic rings. The van der Waals surface area contributed by atoms with Gasteiger partial charge in [-0.3, -0.25) is 0 Å². The summed E-state index contributed by atoms with van der Waals surface area (Å²) < 4.78 is 2.00. The second-order valence-corrected chi connectivity index (χ2v) is 6.48. The first kappa shape index (κ1) is 13.5. The van der Waals surface area contributed by atoms with E-state index in [2.05, 4.69) is 36.3 Å². The highest BCUT2D eigenvalue weighted by atomic mass is 15.3. The summed E-state index contributed by atoms with van der Waals surface area (Å²) >= 11 is 0. The molecule has 1 aliphatic carbocycles. The van der Waals surface area contributed by atoms with Crippen LogP contribution in [0.3, 0.4) is 0 Å². The zero-order valence-electron chi connectivity index (χ0n) is 12.1. The van der Waals surface area contributed by atoms with Crippen LogP contribution in [0.25, 0.3) is 0 Å². The Labute approximate surface area is 110 Å². The molecule has 0 aromatic carbocycles. The third-order valence-electron chi connectivity index (χ3n) is 4.20. The minimum atomic E-state index is 0.281. The molecule has 1 aromatic heterocycles. The van der Waals surface area contributed by atoms with Gasteiger partial charge in [-0.05, 0) is 38.0 Å². The fraction of sp³-hybridized carbons (Fsp3) is 0.857. The SMILES string of the molecule is CC(NC1CCCC(C)(C)CC1)c1nncn1C. The molecule has 0 radical (unpaired) electrons. The first-order chi connectivity index (χ1) is 8.48. The molecule has 2 rings (SSSR count). The number of nitrogens with one attached hydrogen (secondary N) is 1. The molecule has 1 heterocycles. The van der Waals surface area contributed by atoms with Crippen molar-refractivity contribution in [3.8, 4) is 0 Å². The molecule has 18 heavy (non-hydrogen) atoms. The van der Waals surface area contributed by atoms with Crippen LogP contribution in [0.2, 0.25) is 0 Å². The van der Waals surface area contributed by atoms with E-state index in [1.165, 1.54) is 32.1 Å². The molecule has 1 N–H and O–H groups in total. The molecule has 4 heteroatoms. The summed E-state index contributed by atoms with van der Waals surface area (Å²) in [4.78, 5) is 0. The summed E-state index contributed by atoms with van der Waals surface area (Å²) in [5, 5.41) is 11.9. The molecular weight excluding hydrogens is 224 g/mol. The van der Waals surface area contributed by atoms with Gasteiger partial charge in [0.15, 0.2) is 0 Å². The summed E-state index contributed by atoms with van der Waals surface area (Å²) in [6.45, 7) is 6.96. The van der Waals surface area contributed by atoms with Gasteiger partial charge in [0.2, 0.25) is 0 Å². The average molecular weight is 250 g/mol. The van der Waals surface area contributed by atoms with E-state index >= 15 is 0 Å². The van der Waals surface area contributed by atoms with Crippen LogP contribution in [0.5, 0.6) is 0 Å². The van der Waals surface area contributed by atoms with Crippen LogP contribution in [0.4, 0.5) is 0 Å². The van der Waals surface area contributed by atoms with Crippen molar-refractivity contribution >= 4 is 0 Å². The number of hydrogen-bond acceptors (Lipinski definition) is 3. The highest BCUT2D eigenvalue weighted by molar-refractivity contribution is 4.94. The van der Waals surface area contributed by atoms with Crippen LogP contribution in [0.1, 0.15) is 64.7 Å². The Bertz CT molecular complexity index is 383. The van der Waals surface area contributed by atoms with Crippen molar-refractivity contribution in [1.29, 1.82) is 0 Å². The van der Waals surface area contributed by atoms with Gasteiger partial charge in [0.25, 0.3) is 0 Å². The zero-order valence-corrected chi connectivity index (χ0v) is 12.1. The highest BCUT2D eigenvalue weighted by Crippen LogP contribution is 2.34.